The number of piperazine rings is 1. The van der Waals surface area contributed by atoms with Crippen LogP contribution in [-0.2, 0) is 11.2 Å². The number of likely N-dealkylation sites (tertiary alicyclic amines) is 1. The summed E-state index contributed by atoms with van der Waals surface area (Å²) in [5.41, 5.74) is 2.20. The van der Waals surface area contributed by atoms with Crippen LogP contribution in [0.2, 0.25) is 5.02 Å². The number of carbonyl (C=O) groups is 1. The Hall–Kier alpha value is -2.15. The van der Waals surface area contributed by atoms with E-state index in [2.05, 4.69) is 22.0 Å². The molecule has 1 aromatic heterocycles. The number of thiazole rings is 1. The third-order valence-corrected chi connectivity index (χ3v) is 7.33. The van der Waals surface area contributed by atoms with Crippen molar-refractivity contribution in [1.29, 1.82) is 0 Å². The molecule has 2 saturated heterocycles. The lowest BCUT2D eigenvalue weighted by molar-refractivity contribution is -0.132. The van der Waals surface area contributed by atoms with E-state index in [4.69, 9.17) is 16.3 Å². The van der Waals surface area contributed by atoms with Crippen LogP contribution in [0.15, 0.2) is 42.5 Å². The second kappa shape index (κ2) is 8.17. The van der Waals surface area contributed by atoms with E-state index in [0.29, 0.717) is 22.3 Å². The van der Waals surface area contributed by atoms with Crippen molar-refractivity contribution in [3.8, 4) is 10.9 Å². The lowest BCUT2D eigenvalue weighted by Gasteiger charge is -2.40. The van der Waals surface area contributed by atoms with Crippen molar-refractivity contribution in [2.24, 2.45) is 0 Å². The first kappa shape index (κ1) is 19.8. The fourth-order valence-electron chi connectivity index (χ4n) is 4.62. The number of hydrogen-bond donors (Lipinski definition) is 0. The quantitative estimate of drug-likeness (QED) is 0.560. The van der Waals surface area contributed by atoms with E-state index in [0.717, 1.165) is 42.0 Å². The maximum absolute atomic E-state index is 11.7. The fraction of sp³-hybridized carbons (Fsp3) is 0.391. The first-order valence-electron chi connectivity index (χ1n) is 10.4. The van der Waals surface area contributed by atoms with E-state index >= 15 is 0 Å². The number of amides is 1. The number of nitrogens with zero attached hydrogens (tertiary/aromatic N) is 3. The lowest BCUT2D eigenvalue weighted by atomic mass is 10.1. The number of hydrogen-bond acceptors (Lipinski definition) is 5. The standard InChI is InChI=1S/C23H24ClN3O2S/c1-15(28)26-13-18-5-6-19(14-26)27(18)11-10-16-2-7-20(8-3-16)29-23-25-21-9-4-17(24)12-22(21)30-23/h2-4,7-9,12,18-19H,5-6,10-11,13-14H2,1H3. The van der Waals surface area contributed by atoms with Gasteiger partial charge in [0, 0.05) is 43.7 Å². The second-order valence-electron chi connectivity index (χ2n) is 8.13. The van der Waals surface area contributed by atoms with Gasteiger partial charge in [-0.1, -0.05) is 35.1 Å². The molecular formula is C23H24ClN3O2S. The molecular weight excluding hydrogens is 418 g/mol. The first-order chi connectivity index (χ1) is 14.5. The predicted octanol–water partition coefficient (Wildman–Crippen LogP) is 4.98. The molecule has 1 amide bonds. The minimum Gasteiger partial charge on any atom is -0.431 e. The second-order valence-corrected chi connectivity index (χ2v) is 9.56. The SMILES string of the molecule is CC(=O)N1CC2CCC(C1)N2CCc1ccc(Oc2nc3ccc(Cl)cc3s2)cc1. The fourth-order valence-corrected chi connectivity index (χ4v) is 5.73. The molecule has 5 rings (SSSR count). The van der Waals surface area contributed by atoms with Crippen molar-refractivity contribution in [1.82, 2.24) is 14.8 Å². The third kappa shape index (κ3) is 4.04. The molecule has 2 aromatic carbocycles. The van der Waals surface area contributed by atoms with Crippen LogP contribution in [0.5, 0.6) is 10.9 Å². The van der Waals surface area contributed by atoms with Gasteiger partial charge in [0.1, 0.15) is 5.75 Å². The molecule has 3 heterocycles. The average Bonchev–Trinajstić information content (AvgIpc) is 3.22. The maximum Gasteiger partial charge on any atom is 0.279 e. The van der Waals surface area contributed by atoms with Crippen molar-refractivity contribution in [3.05, 3.63) is 53.1 Å². The topological polar surface area (TPSA) is 45.7 Å². The number of aromatic nitrogens is 1. The number of carbonyl (C=O) groups excluding carboxylic acids is 1. The molecule has 0 saturated carbocycles. The molecule has 2 fully saturated rings. The lowest BCUT2D eigenvalue weighted by Crippen LogP contribution is -2.55. The number of fused-ring (bicyclic) bond motifs is 3. The van der Waals surface area contributed by atoms with E-state index < -0.39 is 0 Å². The van der Waals surface area contributed by atoms with Gasteiger partial charge in [0.15, 0.2) is 0 Å². The summed E-state index contributed by atoms with van der Waals surface area (Å²) in [7, 11) is 0. The van der Waals surface area contributed by atoms with Crippen LogP contribution in [0.4, 0.5) is 0 Å². The Balaban J connectivity index is 1.19. The van der Waals surface area contributed by atoms with Crippen LogP contribution < -0.4 is 4.74 Å². The van der Waals surface area contributed by atoms with E-state index in [1.54, 1.807) is 6.92 Å². The molecule has 156 valence electrons. The monoisotopic (exact) mass is 441 g/mol. The van der Waals surface area contributed by atoms with Crippen molar-refractivity contribution >= 4 is 39.1 Å². The Morgan fingerprint density at radius 3 is 2.60 bits per heavy atom. The summed E-state index contributed by atoms with van der Waals surface area (Å²) in [4.78, 5) is 20.9. The first-order valence-corrected chi connectivity index (χ1v) is 11.6. The van der Waals surface area contributed by atoms with Gasteiger partial charge in [0.2, 0.25) is 5.91 Å². The van der Waals surface area contributed by atoms with E-state index in [-0.39, 0.29) is 5.91 Å². The van der Waals surface area contributed by atoms with Gasteiger partial charge in [-0.25, -0.2) is 4.98 Å². The molecule has 0 radical (unpaired) electrons. The zero-order valence-electron chi connectivity index (χ0n) is 16.9. The zero-order chi connectivity index (χ0) is 20.7. The molecule has 2 unspecified atom stereocenters. The Morgan fingerprint density at radius 2 is 1.90 bits per heavy atom. The molecule has 2 bridgehead atoms. The minimum atomic E-state index is 0.207. The van der Waals surface area contributed by atoms with Crippen LogP contribution in [0.3, 0.4) is 0 Å². The van der Waals surface area contributed by atoms with Crippen molar-refractivity contribution < 1.29 is 9.53 Å². The van der Waals surface area contributed by atoms with Gasteiger partial charge < -0.3 is 9.64 Å². The number of ether oxygens (including phenoxy) is 1. The third-order valence-electron chi connectivity index (χ3n) is 6.20. The number of benzene rings is 2. The van der Waals surface area contributed by atoms with Crippen LogP contribution in [0.1, 0.15) is 25.3 Å². The summed E-state index contributed by atoms with van der Waals surface area (Å²) in [6, 6.07) is 15.0. The van der Waals surface area contributed by atoms with Crippen LogP contribution in [-0.4, -0.2) is 52.4 Å². The Kier molecular flexibility index (Phi) is 5.39. The zero-order valence-corrected chi connectivity index (χ0v) is 18.5. The highest BCUT2D eigenvalue weighted by Crippen LogP contribution is 2.33. The van der Waals surface area contributed by atoms with Gasteiger partial charge in [0.05, 0.1) is 10.2 Å². The van der Waals surface area contributed by atoms with Crippen molar-refractivity contribution in [3.63, 3.8) is 0 Å². The van der Waals surface area contributed by atoms with E-state index in [1.165, 1.54) is 29.7 Å². The van der Waals surface area contributed by atoms with Crippen molar-refractivity contribution in [2.75, 3.05) is 19.6 Å². The molecule has 30 heavy (non-hydrogen) atoms. The predicted molar refractivity (Wildman–Crippen MR) is 121 cm³/mol. The normalized spacial score (nSPS) is 21.3. The van der Waals surface area contributed by atoms with Gasteiger partial charge in [-0.05, 0) is 55.2 Å². The van der Waals surface area contributed by atoms with Crippen molar-refractivity contribution in [2.45, 2.75) is 38.3 Å². The van der Waals surface area contributed by atoms with Gasteiger partial charge >= 0.3 is 0 Å². The highest BCUT2D eigenvalue weighted by Gasteiger charge is 2.40. The Bertz CT molecular complexity index is 1050. The molecule has 0 aliphatic carbocycles. The van der Waals surface area contributed by atoms with E-state index in [9.17, 15) is 4.79 Å². The van der Waals surface area contributed by atoms with Gasteiger partial charge in [0.25, 0.3) is 5.19 Å². The Morgan fingerprint density at radius 1 is 1.17 bits per heavy atom. The van der Waals surface area contributed by atoms with Crippen LogP contribution in [0.25, 0.3) is 10.2 Å². The summed E-state index contributed by atoms with van der Waals surface area (Å²) in [5, 5.41) is 1.33. The van der Waals surface area contributed by atoms with Crippen LogP contribution >= 0.6 is 22.9 Å². The molecule has 2 aliphatic rings. The minimum absolute atomic E-state index is 0.207. The molecule has 0 spiro atoms. The van der Waals surface area contributed by atoms with Crippen LogP contribution in [0, 0.1) is 0 Å². The van der Waals surface area contributed by atoms with Gasteiger partial charge in [-0.2, -0.15) is 0 Å². The smallest absolute Gasteiger partial charge is 0.279 e. The summed E-state index contributed by atoms with van der Waals surface area (Å²) in [6.07, 6.45) is 3.41. The highest BCUT2D eigenvalue weighted by molar-refractivity contribution is 7.20. The summed E-state index contributed by atoms with van der Waals surface area (Å²) in [6.45, 7) is 4.49. The highest BCUT2D eigenvalue weighted by atomic mass is 35.5. The summed E-state index contributed by atoms with van der Waals surface area (Å²) in [5.74, 6) is 0.998. The average molecular weight is 442 g/mol. The molecule has 7 heteroatoms. The molecule has 2 aliphatic heterocycles. The Labute approximate surface area is 185 Å². The summed E-state index contributed by atoms with van der Waals surface area (Å²) < 4.78 is 6.97. The number of halogens is 1. The molecule has 5 nitrogen and oxygen atoms in total. The maximum atomic E-state index is 11.7. The number of rotatable bonds is 5. The molecule has 0 N–H and O–H groups in total. The molecule has 2 atom stereocenters. The van der Waals surface area contributed by atoms with Gasteiger partial charge in [-0.15, -0.1) is 0 Å². The molecule has 3 aromatic rings. The van der Waals surface area contributed by atoms with E-state index in [1.807, 2.05) is 35.2 Å². The largest absolute Gasteiger partial charge is 0.431 e. The van der Waals surface area contributed by atoms with Gasteiger partial charge in [-0.3, -0.25) is 9.69 Å². The summed E-state index contributed by atoms with van der Waals surface area (Å²) >= 11 is 7.55.